The third-order valence-corrected chi connectivity index (χ3v) is 3.74. The van der Waals surface area contributed by atoms with Gasteiger partial charge in [0.1, 0.15) is 5.69 Å². The normalized spacial score (nSPS) is 10.8. The van der Waals surface area contributed by atoms with Gasteiger partial charge >= 0.3 is 0 Å². The Bertz CT molecular complexity index is 798. The third kappa shape index (κ3) is 2.08. The fourth-order valence-corrected chi connectivity index (χ4v) is 2.49. The van der Waals surface area contributed by atoms with Gasteiger partial charge in [-0.25, -0.2) is 4.68 Å². The zero-order chi connectivity index (χ0) is 14.1. The number of hydrogen-bond acceptors (Lipinski definition) is 3. The van der Waals surface area contributed by atoms with Gasteiger partial charge < -0.3 is 0 Å². The highest BCUT2D eigenvalue weighted by Crippen LogP contribution is 2.27. The van der Waals surface area contributed by atoms with Gasteiger partial charge in [-0.1, -0.05) is 40.2 Å². The Labute approximate surface area is 123 Å². The molecule has 0 spiro atoms. The quantitative estimate of drug-likeness (QED) is 0.416. The van der Waals surface area contributed by atoms with E-state index >= 15 is 0 Å². The third-order valence-electron chi connectivity index (χ3n) is 3.10. The summed E-state index contributed by atoms with van der Waals surface area (Å²) in [6.07, 6.45) is 1.71. The summed E-state index contributed by atoms with van der Waals surface area (Å²) < 4.78 is 1.60. The molecule has 0 aliphatic rings. The van der Waals surface area contributed by atoms with Crippen LogP contribution in [0.5, 0.6) is 0 Å². The number of nitro benzene ring substituents is 1. The topological polar surface area (TPSA) is 61.0 Å². The average Bonchev–Trinajstić information content (AvgIpc) is 2.90. The van der Waals surface area contributed by atoms with Crippen molar-refractivity contribution in [2.24, 2.45) is 0 Å². The summed E-state index contributed by atoms with van der Waals surface area (Å²) in [7, 11) is 0. The SMILES string of the molecule is O=[N+]([O-])c1cc(CBr)ccc1-n1ncc2ccccc21. The van der Waals surface area contributed by atoms with E-state index in [0.717, 1.165) is 16.5 Å². The monoisotopic (exact) mass is 331 g/mol. The number of alkyl halides is 1. The zero-order valence-corrected chi connectivity index (χ0v) is 11.9. The number of fused-ring (bicyclic) bond motifs is 1. The minimum absolute atomic E-state index is 0.0517. The lowest BCUT2D eigenvalue weighted by Gasteiger charge is -2.06. The Hall–Kier alpha value is -2.21. The van der Waals surface area contributed by atoms with Crippen LogP contribution in [0.15, 0.2) is 48.7 Å². The van der Waals surface area contributed by atoms with Crippen LogP contribution in [0.1, 0.15) is 5.56 Å². The number of rotatable bonds is 3. The van der Waals surface area contributed by atoms with E-state index < -0.39 is 0 Å². The van der Waals surface area contributed by atoms with Crippen molar-refractivity contribution in [3.63, 3.8) is 0 Å². The second-order valence-corrected chi connectivity index (χ2v) is 4.89. The molecule has 2 aromatic carbocycles. The van der Waals surface area contributed by atoms with Gasteiger partial charge in [-0.3, -0.25) is 10.1 Å². The van der Waals surface area contributed by atoms with Crippen LogP contribution in [-0.4, -0.2) is 14.7 Å². The molecule has 0 saturated carbocycles. The largest absolute Gasteiger partial charge is 0.295 e. The van der Waals surface area contributed by atoms with Gasteiger partial charge in [0.2, 0.25) is 0 Å². The number of nitro groups is 1. The van der Waals surface area contributed by atoms with Crippen LogP contribution in [0.3, 0.4) is 0 Å². The Balaban J connectivity index is 2.26. The predicted octanol–water partition coefficient (Wildman–Crippen LogP) is 3.83. The lowest BCUT2D eigenvalue weighted by atomic mass is 10.2. The maximum atomic E-state index is 11.3. The molecule has 3 rings (SSSR count). The molecule has 0 atom stereocenters. The molecule has 0 fully saturated rings. The molecule has 0 saturated heterocycles. The summed E-state index contributed by atoms with van der Waals surface area (Å²) >= 11 is 3.31. The lowest BCUT2D eigenvalue weighted by Crippen LogP contribution is -2.02. The Morgan fingerprint density at radius 3 is 2.80 bits per heavy atom. The van der Waals surface area contributed by atoms with Gasteiger partial charge in [0, 0.05) is 16.8 Å². The average molecular weight is 332 g/mol. The van der Waals surface area contributed by atoms with Crippen LogP contribution in [0.2, 0.25) is 0 Å². The van der Waals surface area contributed by atoms with Gasteiger partial charge in [0.25, 0.3) is 5.69 Å². The molecule has 0 aliphatic carbocycles. The van der Waals surface area contributed by atoms with Gasteiger partial charge in [-0.2, -0.15) is 5.10 Å². The predicted molar refractivity (Wildman–Crippen MR) is 80.4 cm³/mol. The number of hydrogen-bond donors (Lipinski definition) is 0. The van der Waals surface area contributed by atoms with Gasteiger partial charge in [-0.15, -0.1) is 0 Å². The van der Waals surface area contributed by atoms with E-state index in [4.69, 9.17) is 0 Å². The van der Waals surface area contributed by atoms with Crippen LogP contribution in [-0.2, 0) is 5.33 Å². The molecule has 0 amide bonds. The molecule has 5 nitrogen and oxygen atoms in total. The van der Waals surface area contributed by atoms with Crippen LogP contribution < -0.4 is 0 Å². The Morgan fingerprint density at radius 2 is 2.05 bits per heavy atom. The molecule has 0 bridgehead atoms. The van der Waals surface area contributed by atoms with E-state index in [9.17, 15) is 10.1 Å². The molecule has 0 aliphatic heterocycles. The van der Waals surface area contributed by atoms with E-state index in [1.165, 1.54) is 0 Å². The Morgan fingerprint density at radius 1 is 1.25 bits per heavy atom. The maximum Gasteiger partial charge on any atom is 0.295 e. The molecule has 6 heteroatoms. The Kier molecular flexibility index (Phi) is 3.23. The highest BCUT2D eigenvalue weighted by molar-refractivity contribution is 9.08. The molecular formula is C14H10BrN3O2. The number of benzene rings is 2. The molecule has 0 unspecified atom stereocenters. The van der Waals surface area contributed by atoms with Gasteiger partial charge in [0.05, 0.1) is 16.6 Å². The first kappa shape index (κ1) is 12.8. The van der Waals surface area contributed by atoms with E-state index in [-0.39, 0.29) is 10.6 Å². The first-order valence-corrected chi connectivity index (χ1v) is 7.09. The van der Waals surface area contributed by atoms with Crippen molar-refractivity contribution in [3.05, 3.63) is 64.3 Å². The van der Waals surface area contributed by atoms with E-state index in [0.29, 0.717) is 11.0 Å². The molecule has 0 N–H and O–H groups in total. The number of para-hydroxylation sites is 1. The summed E-state index contributed by atoms with van der Waals surface area (Å²) in [5, 5.41) is 17.1. The summed E-state index contributed by atoms with van der Waals surface area (Å²) in [4.78, 5) is 10.9. The molecular weight excluding hydrogens is 322 g/mol. The fraction of sp³-hybridized carbons (Fsp3) is 0.0714. The molecule has 20 heavy (non-hydrogen) atoms. The number of halogens is 1. The van der Waals surface area contributed by atoms with Crippen molar-refractivity contribution in [1.82, 2.24) is 9.78 Å². The first-order chi connectivity index (χ1) is 9.70. The molecule has 1 aromatic heterocycles. The van der Waals surface area contributed by atoms with Crippen molar-refractivity contribution in [3.8, 4) is 5.69 Å². The lowest BCUT2D eigenvalue weighted by molar-refractivity contribution is -0.384. The summed E-state index contributed by atoms with van der Waals surface area (Å²) in [6.45, 7) is 0. The minimum atomic E-state index is -0.377. The van der Waals surface area contributed by atoms with Crippen molar-refractivity contribution < 1.29 is 4.92 Å². The molecule has 1 heterocycles. The van der Waals surface area contributed by atoms with Crippen molar-refractivity contribution in [2.75, 3.05) is 0 Å². The number of aromatic nitrogens is 2. The molecule has 100 valence electrons. The number of nitrogens with zero attached hydrogens (tertiary/aromatic N) is 3. The van der Waals surface area contributed by atoms with Crippen molar-refractivity contribution in [2.45, 2.75) is 5.33 Å². The molecule has 3 aromatic rings. The van der Waals surface area contributed by atoms with Crippen LogP contribution in [0, 0.1) is 10.1 Å². The van der Waals surface area contributed by atoms with Crippen LogP contribution >= 0.6 is 15.9 Å². The van der Waals surface area contributed by atoms with E-state index in [1.54, 1.807) is 23.0 Å². The van der Waals surface area contributed by atoms with E-state index in [2.05, 4.69) is 21.0 Å². The standard InChI is InChI=1S/C14H10BrN3O2/c15-8-10-5-6-13(14(7-10)18(19)20)17-12-4-2-1-3-11(12)9-16-17/h1-7,9H,8H2. The highest BCUT2D eigenvalue weighted by Gasteiger charge is 2.18. The highest BCUT2D eigenvalue weighted by atomic mass is 79.9. The van der Waals surface area contributed by atoms with Crippen molar-refractivity contribution in [1.29, 1.82) is 0 Å². The second kappa shape index (κ2) is 5.05. The zero-order valence-electron chi connectivity index (χ0n) is 10.4. The maximum absolute atomic E-state index is 11.3. The smallest absolute Gasteiger partial charge is 0.258 e. The van der Waals surface area contributed by atoms with Crippen molar-refractivity contribution >= 4 is 32.5 Å². The van der Waals surface area contributed by atoms with Crippen LogP contribution in [0.25, 0.3) is 16.6 Å². The van der Waals surface area contributed by atoms with Crippen LogP contribution in [0.4, 0.5) is 5.69 Å². The second-order valence-electron chi connectivity index (χ2n) is 4.33. The minimum Gasteiger partial charge on any atom is -0.258 e. The van der Waals surface area contributed by atoms with Gasteiger partial charge in [0.15, 0.2) is 0 Å². The fourth-order valence-electron chi connectivity index (χ4n) is 2.14. The van der Waals surface area contributed by atoms with Gasteiger partial charge in [-0.05, 0) is 17.7 Å². The summed E-state index contributed by atoms with van der Waals surface area (Å²) in [5.41, 5.74) is 2.23. The molecule has 0 radical (unpaired) electrons. The summed E-state index contributed by atoms with van der Waals surface area (Å²) in [6, 6.07) is 12.8. The van der Waals surface area contributed by atoms with E-state index in [1.807, 2.05) is 30.3 Å². The first-order valence-electron chi connectivity index (χ1n) is 5.97. The summed E-state index contributed by atoms with van der Waals surface area (Å²) in [5.74, 6) is 0.